The van der Waals surface area contributed by atoms with Gasteiger partial charge in [-0.3, -0.25) is 4.90 Å². The second-order valence-electron chi connectivity index (χ2n) is 15.3. The van der Waals surface area contributed by atoms with Crippen molar-refractivity contribution in [2.45, 2.75) is 69.8 Å². The fourth-order valence-corrected chi connectivity index (χ4v) is 7.45. The lowest BCUT2D eigenvalue weighted by Crippen LogP contribution is -2.69. The van der Waals surface area contributed by atoms with E-state index in [9.17, 15) is 18.0 Å². The third-order valence-electron chi connectivity index (χ3n) is 8.38. The normalized spacial score (nSPS) is 15.6. The number of nitrogens with one attached hydrogen (secondary N) is 1. The van der Waals surface area contributed by atoms with Gasteiger partial charge in [0.1, 0.15) is 24.2 Å². The number of likely N-dealkylation sites (tertiary alicyclic amines) is 2. The maximum Gasteiger partial charge on any atom is 0.410 e. The average Bonchev–Trinajstić information content (AvgIpc) is 3.14. The molecule has 306 valence electrons. The van der Waals surface area contributed by atoms with Gasteiger partial charge in [0.15, 0.2) is 0 Å². The summed E-state index contributed by atoms with van der Waals surface area (Å²) in [6.07, 6.45) is -0.723. The highest BCUT2D eigenvalue weighted by atomic mass is 127. The van der Waals surface area contributed by atoms with Gasteiger partial charge in [0.25, 0.3) is 0 Å². The molecule has 0 spiro atoms. The Labute approximate surface area is 372 Å². The van der Waals surface area contributed by atoms with Crippen LogP contribution in [-0.2, 0) is 50.2 Å². The fourth-order valence-electron chi connectivity index (χ4n) is 5.03. The van der Waals surface area contributed by atoms with Crippen LogP contribution in [0.5, 0.6) is 0 Å². The molecule has 15 heteroatoms. The molecule has 2 heterocycles. The number of halogens is 3. The zero-order valence-corrected chi connectivity index (χ0v) is 39.8. The summed E-state index contributed by atoms with van der Waals surface area (Å²) in [6.45, 7) is 13.5. The van der Waals surface area contributed by atoms with Crippen molar-refractivity contribution in [1.82, 2.24) is 14.5 Å². The number of hydrogen-bond acceptors (Lipinski definition) is 6. The van der Waals surface area contributed by atoms with E-state index in [1.54, 1.807) is 9.80 Å². The second kappa shape index (κ2) is 21.3. The lowest BCUT2D eigenvalue weighted by molar-refractivity contribution is 0.0290. The van der Waals surface area contributed by atoms with Crippen LogP contribution in [0.15, 0.2) is 123 Å². The maximum atomic E-state index is 12.8. The van der Waals surface area contributed by atoms with Crippen LogP contribution in [0.3, 0.4) is 0 Å². The largest absolute Gasteiger partial charge is 0.445 e. The standard InChI is InChI=1S/C21H25BrN2O3S.C15H20N2O3S.C6H4BrI/c1-20(2,3)28(26)23-21(17-9-11-18(22)12-10-17)14-24(15-21)19(25)27-13-16-7-5-4-6-8-16;1-15(2,3)21(19)16-13-9-17(10-13)14(18)20-11-12-7-5-4-6-8-12;7-5-1-3-6(8)4-2-5/h4-12,23H,13-15H2,1-3H3;4-8H,9-11H2,1-3H3;1-4H. The van der Waals surface area contributed by atoms with Crippen LogP contribution in [0.1, 0.15) is 58.2 Å². The second-order valence-corrected chi connectivity index (χ2v) is 22.3. The maximum absolute atomic E-state index is 12.8. The Morgan fingerprint density at radius 2 is 1.14 bits per heavy atom. The third kappa shape index (κ3) is 15.0. The van der Waals surface area contributed by atoms with E-state index in [0.29, 0.717) is 26.2 Å². The topological polar surface area (TPSA) is 118 Å². The van der Waals surface area contributed by atoms with Crippen molar-refractivity contribution >= 4 is 94.3 Å². The molecule has 4 aromatic rings. The van der Waals surface area contributed by atoms with Crippen molar-refractivity contribution in [1.29, 1.82) is 0 Å². The lowest BCUT2D eigenvalue weighted by atomic mass is 9.84. The van der Waals surface area contributed by atoms with Crippen LogP contribution in [0, 0.1) is 3.57 Å². The molecular weight excluding hydrogens is 1010 g/mol. The molecule has 2 fully saturated rings. The molecule has 4 aromatic carbocycles. The van der Waals surface area contributed by atoms with Crippen LogP contribution in [0.4, 0.5) is 9.59 Å². The van der Waals surface area contributed by atoms with Crippen molar-refractivity contribution in [2.24, 2.45) is 4.40 Å². The first-order valence-corrected chi connectivity index (χ1v) is 23.0. The van der Waals surface area contributed by atoms with Crippen molar-refractivity contribution in [3.8, 4) is 0 Å². The smallest absolute Gasteiger partial charge is 0.410 e. The number of nitrogens with zero attached hydrogens (tertiary/aromatic N) is 3. The van der Waals surface area contributed by atoms with E-state index in [0.717, 1.165) is 31.3 Å². The van der Waals surface area contributed by atoms with Crippen molar-refractivity contribution < 1.29 is 27.5 Å². The van der Waals surface area contributed by atoms with Gasteiger partial charge in [-0.15, -0.1) is 0 Å². The van der Waals surface area contributed by atoms with Crippen molar-refractivity contribution in [3.05, 3.63) is 138 Å². The summed E-state index contributed by atoms with van der Waals surface area (Å²) in [7, 11) is -2.53. The summed E-state index contributed by atoms with van der Waals surface area (Å²) in [5, 5.41) is 0. The summed E-state index contributed by atoms with van der Waals surface area (Å²) in [4.78, 5) is 27.4. The molecule has 2 aliphatic heterocycles. The number of amides is 2. The van der Waals surface area contributed by atoms with Crippen LogP contribution < -0.4 is 4.72 Å². The Bertz CT molecular complexity index is 1980. The summed E-state index contributed by atoms with van der Waals surface area (Å²) in [5.74, 6) is 0. The highest BCUT2D eigenvalue weighted by molar-refractivity contribution is 14.1. The number of ether oxygens (including phenoxy) is 2. The van der Waals surface area contributed by atoms with E-state index in [1.807, 2.05) is 139 Å². The number of rotatable bonds is 8. The highest BCUT2D eigenvalue weighted by Gasteiger charge is 2.49. The van der Waals surface area contributed by atoms with Gasteiger partial charge in [-0.1, -0.05) is 105 Å². The lowest BCUT2D eigenvalue weighted by Gasteiger charge is -2.50. The quantitative estimate of drug-likeness (QED) is 0.176. The van der Waals surface area contributed by atoms with E-state index in [4.69, 9.17) is 9.47 Å². The van der Waals surface area contributed by atoms with Gasteiger partial charge in [-0.05, 0) is 117 Å². The van der Waals surface area contributed by atoms with Crippen molar-refractivity contribution in [2.75, 3.05) is 26.2 Å². The predicted octanol–water partition coefficient (Wildman–Crippen LogP) is 9.94. The number of hydrogen-bond donors (Lipinski definition) is 1. The Kier molecular flexibility index (Phi) is 17.5. The van der Waals surface area contributed by atoms with Gasteiger partial charge in [0.05, 0.1) is 44.8 Å². The monoisotopic (exact) mass is 1050 g/mol. The van der Waals surface area contributed by atoms with E-state index < -0.39 is 32.3 Å². The van der Waals surface area contributed by atoms with E-state index in [1.165, 1.54) is 3.57 Å². The third-order valence-corrected chi connectivity index (χ3v) is 13.3. The molecule has 57 heavy (non-hydrogen) atoms. The molecule has 6 rings (SSSR count). The molecule has 0 aromatic heterocycles. The first-order valence-electron chi connectivity index (χ1n) is 18.1. The SMILES string of the molecule is Brc1ccc(I)cc1.CC(C)(C)S(=O)N=C1CN(C(=O)OCc2ccccc2)C1.CC(C)(C)S(=O)NC1(c2ccc(Br)cc2)CN(C(=O)OCc2ccccc2)C1. The van der Waals surface area contributed by atoms with E-state index in [-0.39, 0.29) is 30.1 Å². The molecule has 10 nitrogen and oxygen atoms in total. The summed E-state index contributed by atoms with van der Waals surface area (Å²) in [6, 6.07) is 35.2. The van der Waals surface area contributed by atoms with E-state index >= 15 is 0 Å². The number of carbonyl (C=O) groups excluding carboxylic acids is 2. The molecule has 2 unspecified atom stereocenters. The van der Waals surface area contributed by atoms with Crippen LogP contribution in [0.2, 0.25) is 0 Å². The molecule has 2 atom stereocenters. The van der Waals surface area contributed by atoms with Gasteiger partial charge < -0.3 is 14.4 Å². The number of carbonyl (C=O) groups is 2. The van der Waals surface area contributed by atoms with E-state index in [2.05, 4.69) is 75.7 Å². The first kappa shape index (κ1) is 46.7. The van der Waals surface area contributed by atoms with Crippen molar-refractivity contribution in [3.63, 3.8) is 0 Å². The van der Waals surface area contributed by atoms with Gasteiger partial charge in [0, 0.05) is 25.6 Å². The molecule has 2 amide bonds. The average molecular weight is 1060 g/mol. The van der Waals surface area contributed by atoms with Gasteiger partial charge in [-0.2, -0.15) is 4.40 Å². The summed E-state index contributed by atoms with van der Waals surface area (Å²) in [5.41, 5.74) is 3.13. The van der Waals surface area contributed by atoms with Crippen LogP contribution >= 0.6 is 54.5 Å². The minimum absolute atomic E-state index is 0.239. The van der Waals surface area contributed by atoms with Gasteiger partial charge >= 0.3 is 12.2 Å². The Hall–Kier alpha value is -2.96. The minimum Gasteiger partial charge on any atom is -0.445 e. The molecule has 0 bridgehead atoms. The summed E-state index contributed by atoms with van der Waals surface area (Å²) < 4.78 is 45.3. The Morgan fingerprint density at radius 3 is 1.56 bits per heavy atom. The first-order chi connectivity index (χ1) is 26.8. The van der Waals surface area contributed by atoms with Crippen LogP contribution in [0.25, 0.3) is 0 Å². The van der Waals surface area contributed by atoms with Gasteiger partial charge in [0.2, 0.25) is 0 Å². The van der Waals surface area contributed by atoms with Gasteiger partial charge in [-0.25, -0.2) is 22.7 Å². The molecule has 1 N–H and O–H groups in total. The summed E-state index contributed by atoms with van der Waals surface area (Å²) >= 11 is 9.07. The highest BCUT2D eigenvalue weighted by Crippen LogP contribution is 2.35. The predicted molar refractivity (Wildman–Crippen MR) is 245 cm³/mol. The molecule has 0 radical (unpaired) electrons. The Balaban J connectivity index is 0.000000217. The molecule has 0 saturated carbocycles. The molecule has 0 aliphatic carbocycles. The minimum atomic E-state index is -1.27. The Morgan fingerprint density at radius 1 is 0.702 bits per heavy atom. The molecule has 2 aliphatic rings. The fraction of sp³-hybridized carbons (Fsp3) is 0.357. The zero-order valence-electron chi connectivity index (χ0n) is 32.9. The number of benzene rings is 4. The zero-order chi connectivity index (χ0) is 41.8. The van der Waals surface area contributed by atoms with Crippen LogP contribution in [-0.4, -0.2) is 71.8 Å². The molecule has 2 saturated heterocycles. The molecular formula is C42H49Br2IN4O6S2.